The van der Waals surface area contributed by atoms with Crippen LogP contribution in [-0.2, 0) is 23.3 Å². The third-order valence-corrected chi connectivity index (χ3v) is 3.31. The van der Waals surface area contributed by atoms with E-state index in [-0.39, 0.29) is 5.75 Å². The van der Waals surface area contributed by atoms with Gasteiger partial charge in [-0.05, 0) is 29.7 Å². The first-order chi connectivity index (χ1) is 6.99. The fourth-order valence-corrected chi connectivity index (χ4v) is 2.65. The van der Waals surface area contributed by atoms with Crippen LogP contribution < -0.4 is 0 Å². The maximum absolute atomic E-state index is 10.7. The van der Waals surface area contributed by atoms with Crippen molar-refractivity contribution in [3.05, 3.63) is 33.8 Å². The van der Waals surface area contributed by atoms with Crippen molar-refractivity contribution in [3.63, 3.8) is 0 Å². The fraction of sp³-hybridized carbons (Fsp3) is 0.400. The Morgan fingerprint density at radius 1 is 1.47 bits per heavy atom. The Kier molecular flexibility index (Phi) is 5.46. The lowest BCUT2D eigenvalue weighted by Crippen LogP contribution is -2.03. The van der Waals surface area contributed by atoms with Gasteiger partial charge in [-0.3, -0.25) is 4.21 Å². The average Bonchev–Trinajstić information content (AvgIpc) is 2.08. The lowest BCUT2D eigenvalue weighted by molar-refractivity contribution is 0.536. The monoisotopic (exact) mass is 353 g/mol. The second-order valence-electron chi connectivity index (χ2n) is 3.35. The fourth-order valence-electron chi connectivity index (χ4n) is 1.36. The summed E-state index contributed by atoms with van der Waals surface area (Å²) >= 11 is 4.82. The molecule has 0 aromatic heterocycles. The highest BCUT2D eigenvalue weighted by Crippen LogP contribution is 2.21. The van der Waals surface area contributed by atoms with Crippen molar-refractivity contribution < 1.29 is 8.76 Å². The highest BCUT2D eigenvalue weighted by atomic mass is 79.9. The molecule has 1 aromatic rings. The van der Waals surface area contributed by atoms with E-state index in [4.69, 9.17) is 0 Å². The lowest BCUT2D eigenvalue weighted by Gasteiger charge is -2.12. The summed E-state index contributed by atoms with van der Waals surface area (Å²) in [6.07, 6.45) is 0.825. The molecule has 0 spiro atoms. The van der Waals surface area contributed by atoms with Gasteiger partial charge in [0.1, 0.15) is 0 Å². The van der Waals surface area contributed by atoms with Crippen molar-refractivity contribution in [2.45, 2.75) is 23.9 Å². The summed E-state index contributed by atoms with van der Waals surface area (Å²) in [6.45, 7) is 2.04. The molecule has 0 aliphatic carbocycles. The van der Waals surface area contributed by atoms with E-state index in [2.05, 4.69) is 31.9 Å². The summed E-state index contributed by atoms with van der Waals surface area (Å²) in [5.74, 6) is 0.0856. The van der Waals surface area contributed by atoms with E-state index in [9.17, 15) is 8.76 Å². The van der Waals surface area contributed by atoms with Gasteiger partial charge in [-0.15, -0.1) is 0 Å². The molecular weight excluding hydrogens is 344 g/mol. The topological polar surface area (TPSA) is 40.1 Å². The standard InChI is InChI=1S/C10H12Br2O2S/c1-7(11)4-9-5-10(12)3-2-8(9)6-15(13)14/h2-3,5,7H,4,6H2,1H3,(H,13,14)/p-1. The molecule has 0 amide bonds. The summed E-state index contributed by atoms with van der Waals surface area (Å²) in [7, 11) is 0. The van der Waals surface area contributed by atoms with Crippen molar-refractivity contribution in [3.8, 4) is 0 Å². The van der Waals surface area contributed by atoms with Gasteiger partial charge >= 0.3 is 0 Å². The van der Waals surface area contributed by atoms with E-state index < -0.39 is 11.1 Å². The van der Waals surface area contributed by atoms with Gasteiger partial charge in [0.05, 0.1) is 0 Å². The normalized spacial score (nSPS) is 14.9. The van der Waals surface area contributed by atoms with Gasteiger partial charge in [0, 0.05) is 15.1 Å². The Morgan fingerprint density at radius 3 is 2.67 bits per heavy atom. The van der Waals surface area contributed by atoms with Gasteiger partial charge in [-0.2, -0.15) is 0 Å². The molecule has 0 aliphatic heterocycles. The van der Waals surface area contributed by atoms with Crippen molar-refractivity contribution in [2.75, 3.05) is 0 Å². The molecule has 15 heavy (non-hydrogen) atoms. The predicted molar refractivity (Wildman–Crippen MR) is 68.9 cm³/mol. The second kappa shape index (κ2) is 6.13. The summed E-state index contributed by atoms with van der Waals surface area (Å²) < 4.78 is 22.3. The van der Waals surface area contributed by atoms with Gasteiger partial charge < -0.3 is 4.55 Å². The van der Waals surface area contributed by atoms with Crippen LogP contribution in [0.5, 0.6) is 0 Å². The minimum absolute atomic E-state index is 0.0856. The third-order valence-electron chi connectivity index (χ3n) is 1.94. The molecule has 0 bridgehead atoms. The van der Waals surface area contributed by atoms with Crippen LogP contribution in [0.25, 0.3) is 0 Å². The Bertz CT molecular complexity index is 366. The molecule has 1 rings (SSSR count). The smallest absolute Gasteiger partial charge is 0.0355 e. The maximum atomic E-state index is 10.7. The summed E-state index contributed by atoms with van der Waals surface area (Å²) in [5, 5.41) is 0. The Hall–Kier alpha value is 0.290. The van der Waals surface area contributed by atoms with Crippen LogP contribution in [0.4, 0.5) is 0 Å². The van der Waals surface area contributed by atoms with Gasteiger partial charge in [0.15, 0.2) is 0 Å². The largest absolute Gasteiger partial charge is 0.772 e. The first-order valence-electron chi connectivity index (χ1n) is 4.46. The molecule has 5 heteroatoms. The van der Waals surface area contributed by atoms with Crippen molar-refractivity contribution in [2.24, 2.45) is 0 Å². The second-order valence-corrected chi connectivity index (χ2v) is 6.72. The van der Waals surface area contributed by atoms with E-state index >= 15 is 0 Å². The van der Waals surface area contributed by atoms with Gasteiger partial charge in [-0.1, -0.05) is 55.9 Å². The van der Waals surface area contributed by atoms with Crippen molar-refractivity contribution >= 4 is 42.9 Å². The zero-order chi connectivity index (χ0) is 11.4. The zero-order valence-electron chi connectivity index (χ0n) is 8.20. The van der Waals surface area contributed by atoms with E-state index in [1.54, 1.807) is 0 Å². The molecule has 0 fully saturated rings. The van der Waals surface area contributed by atoms with E-state index in [1.165, 1.54) is 0 Å². The number of halogens is 2. The van der Waals surface area contributed by atoms with E-state index in [1.807, 2.05) is 25.1 Å². The summed E-state index contributed by atoms with van der Waals surface area (Å²) in [4.78, 5) is 0.339. The van der Waals surface area contributed by atoms with Crippen LogP contribution in [0.2, 0.25) is 0 Å². The molecule has 84 valence electrons. The Labute approximate surface area is 109 Å². The van der Waals surface area contributed by atoms with Crippen LogP contribution in [0, 0.1) is 0 Å². The van der Waals surface area contributed by atoms with Gasteiger partial charge in [0.25, 0.3) is 0 Å². The molecule has 0 radical (unpaired) electrons. The summed E-state index contributed by atoms with van der Waals surface area (Å²) in [6, 6.07) is 5.69. The highest BCUT2D eigenvalue weighted by Gasteiger charge is 2.06. The third kappa shape index (κ3) is 4.76. The molecule has 0 N–H and O–H groups in total. The Morgan fingerprint density at radius 2 is 2.13 bits per heavy atom. The molecule has 2 atom stereocenters. The summed E-state index contributed by atoms with van der Waals surface area (Å²) in [5.41, 5.74) is 1.94. The molecule has 0 saturated carbocycles. The van der Waals surface area contributed by atoms with Crippen LogP contribution in [-0.4, -0.2) is 13.6 Å². The number of hydrogen-bond donors (Lipinski definition) is 0. The molecule has 2 unspecified atom stereocenters. The minimum atomic E-state index is -2.03. The molecular formula is C10H11Br2O2S-. The number of alkyl halides is 1. The number of rotatable bonds is 4. The van der Waals surface area contributed by atoms with Crippen molar-refractivity contribution in [1.29, 1.82) is 0 Å². The SMILES string of the molecule is CC(Br)Cc1cc(Br)ccc1CS(=O)[O-]. The van der Waals surface area contributed by atoms with E-state index in [0.717, 1.165) is 22.0 Å². The predicted octanol–water partition coefficient (Wildman–Crippen LogP) is 3.15. The highest BCUT2D eigenvalue weighted by molar-refractivity contribution is 9.10. The van der Waals surface area contributed by atoms with Crippen LogP contribution >= 0.6 is 31.9 Å². The quantitative estimate of drug-likeness (QED) is 0.615. The lowest BCUT2D eigenvalue weighted by atomic mass is 10.0. The zero-order valence-corrected chi connectivity index (χ0v) is 12.2. The molecule has 0 heterocycles. The molecule has 0 aliphatic rings. The molecule has 0 saturated heterocycles. The average molecular weight is 355 g/mol. The minimum Gasteiger partial charge on any atom is -0.772 e. The van der Waals surface area contributed by atoms with Crippen LogP contribution in [0.3, 0.4) is 0 Å². The van der Waals surface area contributed by atoms with Crippen LogP contribution in [0.15, 0.2) is 22.7 Å². The van der Waals surface area contributed by atoms with Crippen molar-refractivity contribution in [1.82, 2.24) is 0 Å². The van der Waals surface area contributed by atoms with Gasteiger partial charge in [0.2, 0.25) is 0 Å². The van der Waals surface area contributed by atoms with Crippen LogP contribution in [0.1, 0.15) is 18.1 Å². The maximum Gasteiger partial charge on any atom is 0.0355 e. The Balaban J connectivity index is 2.97. The van der Waals surface area contributed by atoms with Gasteiger partial charge in [-0.25, -0.2) is 0 Å². The first kappa shape index (κ1) is 13.4. The molecule has 2 nitrogen and oxygen atoms in total. The molecule has 1 aromatic carbocycles. The first-order valence-corrected chi connectivity index (χ1v) is 7.41. The number of hydrogen-bond acceptors (Lipinski definition) is 2. The number of benzene rings is 1. The van der Waals surface area contributed by atoms with E-state index in [0.29, 0.717) is 4.83 Å².